The number of benzene rings is 2. The number of nitrogens with zero attached hydrogens (tertiary/aromatic N) is 8. The molecule has 2 aliphatic rings. The fraction of sp³-hybridized carbons (Fsp3) is 0.353. The molecule has 7 rings (SSSR count). The molecule has 2 fully saturated rings. The summed E-state index contributed by atoms with van der Waals surface area (Å²) in [5, 5.41) is 20.1. The number of fused-ring (bicyclic) bond motifs is 2. The second-order valence-corrected chi connectivity index (χ2v) is 13.1. The number of thiazole rings is 1. The molecule has 1 amide bonds. The highest BCUT2D eigenvalue weighted by atomic mass is 32.1. The summed E-state index contributed by atoms with van der Waals surface area (Å²) in [5.74, 6) is -1.85. The number of likely N-dealkylation sites (N-methyl/N-ethyl adjacent to an activating group) is 1. The lowest BCUT2D eigenvalue weighted by Gasteiger charge is -2.41. The van der Waals surface area contributed by atoms with E-state index in [9.17, 15) is 10.1 Å². The molecule has 2 aliphatic heterocycles. The van der Waals surface area contributed by atoms with Crippen molar-refractivity contribution in [2.24, 2.45) is 0 Å². The average molecular weight is 670 g/mol. The van der Waals surface area contributed by atoms with Crippen LogP contribution >= 0.6 is 11.3 Å². The number of amides is 1. The summed E-state index contributed by atoms with van der Waals surface area (Å²) in [6.07, 6.45) is 6.34. The van der Waals surface area contributed by atoms with E-state index in [1.807, 2.05) is 31.0 Å². The smallest absolute Gasteiger partial charge is 0.319 e. The highest BCUT2D eigenvalue weighted by molar-refractivity contribution is 7.10. The van der Waals surface area contributed by atoms with Crippen molar-refractivity contribution in [3.05, 3.63) is 64.3 Å². The summed E-state index contributed by atoms with van der Waals surface area (Å²) in [6.45, 7) is 3.82. The molecule has 11 nitrogen and oxygen atoms in total. The van der Waals surface area contributed by atoms with Crippen molar-refractivity contribution in [3.8, 4) is 23.2 Å². The number of aromatic amines is 1. The van der Waals surface area contributed by atoms with Crippen LogP contribution in [0.1, 0.15) is 29.8 Å². The van der Waals surface area contributed by atoms with E-state index < -0.39 is 23.6 Å². The second kappa shape index (κ2) is 13.2. The Morgan fingerprint density at radius 3 is 2.83 bits per heavy atom. The number of likely N-dealkylation sites (tertiary alicyclic amines) is 1. The van der Waals surface area contributed by atoms with Crippen molar-refractivity contribution in [2.45, 2.75) is 38.3 Å². The lowest BCUT2D eigenvalue weighted by atomic mass is 9.95. The number of nitrogens with one attached hydrogen (secondary N) is 1. The summed E-state index contributed by atoms with van der Waals surface area (Å²) < 4.78 is 38.0. The Balaban J connectivity index is 1.27. The Bertz CT molecular complexity index is 2060. The zero-order valence-electron chi connectivity index (χ0n) is 26.5. The van der Waals surface area contributed by atoms with Crippen LogP contribution in [0.4, 0.5) is 14.6 Å². The fourth-order valence-corrected chi connectivity index (χ4v) is 7.23. The zero-order valence-corrected chi connectivity index (χ0v) is 27.3. The number of hydrogen-bond donors (Lipinski definition) is 1. The first-order valence-corrected chi connectivity index (χ1v) is 16.7. The summed E-state index contributed by atoms with van der Waals surface area (Å²) in [4.78, 5) is 32.1. The molecule has 246 valence electrons. The summed E-state index contributed by atoms with van der Waals surface area (Å²) in [6, 6.07) is 9.07. The highest BCUT2D eigenvalue weighted by Crippen LogP contribution is 2.38. The minimum absolute atomic E-state index is 0.0281. The molecule has 0 spiro atoms. The summed E-state index contributed by atoms with van der Waals surface area (Å²) >= 11 is 1.22. The van der Waals surface area contributed by atoms with Crippen LogP contribution in [0.15, 0.2) is 47.9 Å². The number of anilines is 1. The van der Waals surface area contributed by atoms with E-state index in [0.29, 0.717) is 33.9 Å². The molecule has 0 radical (unpaired) electrons. The number of hydrogen-bond acceptors (Lipinski definition) is 10. The van der Waals surface area contributed by atoms with E-state index >= 15 is 8.78 Å². The van der Waals surface area contributed by atoms with Gasteiger partial charge in [-0.05, 0) is 56.6 Å². The first-order valence-electron chi connectivity index (χ1n) is 15.8. The second-order valence-electron chi connectivity index (χ2n) is 12.2. The van der Waals surface area contributed by atoms with Crippen LogP contribution in [0.3, 0.4) is 0 Å². The molecule has 0 bridgehead atoms. The molecule has 0 saturated carbocycles. The van der Waals surface area contributed by atoms with Gasteiger partial charge in [0, 0.05) is 59.7 Å². The topological polar surface area (TPSA) is 127 Å². The molecule has 2 atom stereocenters. The maximum Gasteiger partial charge on any atom is 0.319 e. The molecule has 5 heterocycles. The summed E-state index contributed by atoms with van der Waals surface area (Å²) in [5.41, 5.74) is 2.86. The van der Waals surface area contributed by atoms with Crippen LogP contribution in [0, 0.1) is 24.1 Å². The Morgan fingerprint density at radius 1 is 1.19 bits per heavy atom. The number of carbonyl (C=O) groups excluding carboxylic acids is 1. The maximum absolute atomic E-state index is 16.8. The molecule has 0 aliphatic carbocycles. The third-order valence-electron chi connectivity index (χ3n) is 9.22. The van der Waals surface area contributed by atoms with Gasteiger partial charge in [-0.1, -0.05) is 12.1 Å². The molecule has 2 saturated heterocycles. The van der Waals surface area contributed by atoms with Crippen molar-refractivity contribution in [2.75, 3.05) is 44.7 Å². The van der Waals surface area contributed by atoms with Crippen LogP contribution in [0.2, 0.25) is 0 Å². The van der Waals surface area contributed by atoms with Gasteiger partial charge in [-0.2, -0.15) is 20.3 Å². The first kappa shape index (κ1) is 31.6. The van der Waals surface area contributed by atoms with Gasteiger partial charge in [0.05, 0.1) is 30.2 Å². The monoisotopic (exact) mass is 669 g/mol. The van der Waals surface area contributed by atoms with Crippen LogP contribution < -0.4 is 9.64 Å². The third kappa shape index (κ3) is 5.95. The average Bonchev–Trinajstić information content (AvgIpc) is 3.87. The van der Waals surface area contributed by atoms with Gasteiger partial charge in [0.15, 0.2) is 11.6 Å². The molecule has 2 unspecified atom stereocenters. The summed E-state index contributed by atoms with van der Waals surface area (Å²) in [7, 11) is 2.05. The lowest BCUT2D eigenvalue weighted by Crippen LogP contribution is -2.55. The normalized spacial score (nSPS) is 18.9. The Hall–Kier alpha value is -5.00. The van der Waals surface area contributed by atoms with Gasteiger partial charge in [-0.15, -0.1) is 11.3 Å². The van der Waals surface area contributed by atoms with Crippen LogP contribution in [0.5, 0.6) is 6.01 Å². The van der Waals surface area contributed by atoms with Crippen molar-refractivity contribution in [1.82, 2.24) is 34.9 Å². The predicted octanol–water partition coefficient (Wildman–Crippen LogP) is 5.49. The van der Waals surface area contributed by atoms with Gasteiger partial charge in [-0.25, -0.2) is 13.8 Å². The number of aromatic nitrogens is 5. The van der Waals surface area contributed by atoms with Gasteiger partial charge in [-0.3, -0.25) is 9.89 Å². The number of nitriles is 1. The largest absolute Gasteiger partial charge is 0.462 e. The van der Waals surface area contributed by atoms with Gasteiger partial charge >= 0.3 is 6.01 Å². The number of rotatable bonds is 8. The van der Waals surface area contributed by atoms with Gasteiger partial charge < -0.3 is 19.4 Å². The Labute approximate surface area is 279 Å². The van der Waals surface area contributed by atoms with Crippen LogP contribution in [-0.4, -0.2) is 92.8 Å². The first-order chi connectivity index (χ1) is 23.3. The number of ether oxygens (including phenoxy) is 1. The molecule has 48 heavy (non-hydrogen) atoms. The minimum Gasteiger partial charge on any atom is -0.462 e. The Kier molecular flexibility index (Phi) is 8.72. The standard InChI is InChI=1S/C34H33F2N9O2S/c1-20-5-8-27-25(17-39-42-27)29(20)23-6-7-24-31(30(23)36)40-34(47-19-22-4-3-12-43(22)2)41-32(24)44-13-14-45(21(18-44)9-10-37)33(46)26(35)16-28-38-11-15-48-28/h5-8,11,15-17,21-22H,3-4,9,12-14,18-19H2,1-2H3,(H,39,42)/b26-16-. The van der Waals surface area contributed by atoms with Gasteiger partial charge in [0.1, 0.15) is 22.9 Å². The fourth-order valence-electron chi connectivity index (χ4n) is 6.68. The molecule has 14 heteroatoms. The van der Waals surface area contributed by atoms with Crippen molar-refractivity contribution >= 4 is 50.9 Å². The predicted molar refractivity (Wildman–Crippen MR) is 180 cm³/mol. The number of carbonyl (C=O) groups is 1. The molecular formula is C34H33F2N9O2S. The van der Waals surface area contributed by atoms with Crippen LogP contribution in [0.25, 0.3) is 39.0 Å². The molecule has 2 aromatic carbocycles. The Morgan fingerprint density at radius 2 is 2.06 bits per heavy atom. The van der Waals surface area contributed by atoms with E-state index in [2.05, 4.69) is 31.1 Å². The van der Waals surface area contributed by atoms with Crippen LogP contribution in [-0.2, 0) is 4.79 Å². The lowest BCUT2D eigenvalue weighted by molar-refractivity contribution is -0.131. The van der Waals surface area contributed by atoms with Gasteiger partial charge in [0.2, 0.25) is 0 Å². The van der Waals surface area contributed by atoms with E-state index in [1.165, 1.54) is 22.4 Å². The maximum atomic E-state index is 16.8. The molecular weight excluding hydrogens is 636 g/mol. The zero-order chi connectivity index (χ0) is 33.4. The van der Waals surface area contributed by atoms with E-state index in [1.54, 1.807) is 23.7 Å². The quantitative estimate of drug-likeness (QED) is 0.213. The number of piperazine rings is 1. The number of halogens is 2. The van der Waals surface area contributed by atoms with Crippen molar-refractivity contribution in [3.63, 3.8) is 0 Å². The van der Waals surface area contributed by atoms with E-state index in [-0.39, 0.29) is 43.6 Å². The SMILES string of the molecule is Cc1ccc2[nH]ncc2c1-c1ccc2c(N3CCN(C(=O)/C(F)=C/c4nccs4)C(CC#N)C3)nc(OCC3CCCN3C)nc2c1F. The van der Waals surface area contributed by atoms with Gasteiger partial charge in [0.25, 0.3) is 5.91 Å². The van der Waals surface area contributed by atoms with Crippen molar-refractivity contribution in [1.29, 1.82) is 5.26 Å². The highest BCUT2D eigenvalue weighted by Gasteiger charge is 2.34. The minimum atomic E-state index is -0.945. The van der Waals surface area contributed by atoms with Crippen molar-refractivity contribution < 1.29 is 18.3 Å². The molecule has 3 aromatic heterocycles. The number of aryl methyl sites for hydroxylation is 1. The van der Waals surface area contributed by atoms with E-state index in [4.69, 9.17) is 9.72 Å². The number of H-pyrrole nitrogens is 1. The van der Waals surface area contributed by atoms with E-state index in [0.717, 1.165) is 41.9 Å². The molecule has 5 aromatic rings. The molecule has 1 N–H and O–H groups in total. The third-order valence-corrected chi connectivity index (χ3v) is 9.94.